The minimum atomic E-state index is -0.926. The lowest BCUT2D eigenvalue weighted by Crippen LogP contribution is -2.48. The number of aliphatic hydroxyl groups excluding tert-OH is 1. The number of hydrogen-bond donors (Lipinski definition) is 3. The van der Waals surface area contributed by atoms with Crippen molar-refractivity contribution < 1.29 is 19.8 Å². The number of nitrogens with one attached hydrogen (secondary N) is 1. The first kappa shape index (κ1) is 19.6. The van der Waals surface area contributed by atoms with Crippen molar-refractivity contribution in [1.82, 2.24) is 10.2 Å². The molecule has 1 rings (SSSR count). The molecule has 0 aromatic rings. The molecule has 0 aromatic carbocycles. The number of carbonyl (C=O) groups is 2. The zero-order chi connectivity index (χ0) is 17.5. The Labute approximate surface area is 138 Å². The van der Waals surface area contributed by atoms with E-state index >= 15 is 0 Å². The van der Waals surface area contributed by atoms with Crippen molar-refractivity contribution in [3.63, 3.8) is 0 Å². The monoisotopic (exact) mass is 326 g/mol. The minimum absolute atomic E-state index is 0.0547. The molecule has 2 atom stereocenters. The summed E-state index contributed by atoms with van der Waals surface area (Å²) in [4.78, 5) is 24.6. The average molecular weight is 326 g/mol. The second-order valence-corrected chi connectivity index (χ2v) is 7.00. The summed E-state index contributed by atoms with van der Waals surface area (Å²) in [5.74, 6) is -0.744. The van der Waals surface area contributed by atoms with Crippen LogP contribution in [0.2, 0.25) is 0 Å². The summed E-state index contributed by atoms with van der Waals surface area (Å²) in [6.45, 7) is 4.76. The van der Waals surface area contributed by atoms with E-state index in [4.69, 9.17) is 10.2 Å². The van der Waals surface area contributed by atoms with Gasteiger partial charge in [-0.2, -0.15) is 0 Å². The van der Waals surface area contributed by atoms with Gasteiger partial charge in [0.1, 0.15) is 0 Å². The van der Waals surface area contributed by atoms with E-state index in [9.17, 15) is 9.59 Å². The zero-order valence-corrected chi connectivity index (χ0v) is 14.4. The number of carboxylic acids is 1. The molecule has 3 N–H and O–H groups in total. The molecule has 1 aliphatic carbocycles. The van der Waals surface area contributed by atoms with E-state index in [0.29, 0.717) is 13.0 Å². The maximum absolute atomic E-state index is 12.3. The number of carbonyl (C=O) groups excluding carboxylic acids is 1. The topological polar surface area (TPSA) is 89.9 Å². The maximum Gasteiger partial charge on any atom is 0.327 e. The molecule has 6 heteroatoms. The van der Waals surface area contributed by atoms with Crippen molar-refractivity contribution in [3.8, 4) is 0 Å². The number of rotatable bonds is 11. The molecule has 0 aliphatic heterocycles. The molecule has 0 spiro atoms. The predicted molar refractivity (Wildman–Crippen MR) is 88.8 cm³/mol. The number of aliphatic carboxylic acids is 1. The van der Waals surface area contributed by atoms with Crippen LogP contribution in [0.25, 0.3) is 0 Å². The molecule has 23 heavy (non-hydrogen) atoms. The Morgan fingerprint density at radius 1 is 1.39 bits per heavy atom. The molecule has 6 nitrogen and oxygen atoms in total. The number of allylic oxidation sites excluding steroid dienone is 1. The number of amides is 1. The first-order valence-electron chi connectivity index (χ1n) is 8.29. The highest BCUT2D eigenvalue weighted by atomic mass is 16.4. The zero-order valence-electron chi connectivity index (χ0n) is 14.4. The van der Waals surface area contributed by atoms with E-state index in [1.807, 2.05) is 11.9 Å². The van der Waals surface area contributed by atoms with E-state index in [0.717, 1.165) is 31.8 Å². The highest BCUT2D eigenvalue weighted by Crippen LogP contribution is 2.51. The molecule has 2 unspecified atom stereocenters. The van der Waals surface area contributed by atoms with Crippen molar-refractivity contribution in [1.29, 1.82) is 0 Å². The van der Waals surface area contributed by atoms with Gasteiger partial charge in [-0.15, -0.1) is 0 Å². The summed E-state index contributed by atoms with van der Waals surface area (Å²) in [6, 6.07) is 0. The third kappa shape index (κ3) is 7.14. The van der Waals surface area contributed by atoms with Gasteiger partial charge < -0.3 is 15.5 Å². The first-order chi connectivity index (χ1) is 10.8. The van der Waals surface area contributed by atoms with Crippen LogP contribution in [0, 0.1) is 11.3 Å². The van der Waals surface area contributed by atoms with E-state index < -0.39 is 5.97 Å². The van der Waals surface area contributed by atoms with Crippen molar-refractivity contribution in [3.05, 3.63) is 12.2 Å². The SMILES string of the molecule is CN(CCO)C(CCCC/C=C\C(=O)O)NC(=O)C1CC1(C)C. The van der Waals surface area contributed by atoms with Gasteiger partial charge >= 0.3 is 5.97 Å². The van der Waals surface area contributed by atoms with Gasteiger partial charge in [0.25, 0.3) is 0 Å². The summed E-state index contributed by atoms with van der Waals surface area (Å²) in [5, 5.41) is 20.7. The molecule has 132 valence electrons. The number of carboxylic acid groups (broad SMARTS) is 1. The molecule has 0 radical (unpaired) electrons. The molecule has 1 amide bonds. The number of hydrogen-bond acceptors (Lipinski definition) is 4. The summed E-state index contributed by atoms with van der Waals surface area (Å²) in [5.41, 5.74) is 0.103. The molecular formula is C17H30N2O4. The van der Waals surface area contributed by atoms with E-state index in [-0.39, 0.29) is 30.0 Å². The summed E-state index contributed by atoms with van der Waals surface area (Å²) in [7, 11) is 1.89. The molecule has 0 aromatic heterocycles. The van der Waals surface area contributed by atoms with Gasteiger partial charge in [-0.1, -0.05) is 19.9 Å². The van der Waals surface area contributed by atoms with Gasteiger partial charge in [0, 0.05) is 18.5 Å². The maximum atomic E-state index is 12.3. The third-order valence-corrected chi connectivity index (χ3v) is 4.48. The van der Waals surface area contributed by atoms with Crippen LogP contribution in [0.5, 0.6) is 0 Å². The van der Waals surface area contributed by atoms with Gasteiger partial charge in [0.05, 0.1) is 12.8 Å². The van der Waals surface area contributed by atoms with Gasteiger partial charge in [0.2, 0.25) is 5.91 Å². The van der Waals surface area contributed by atoms with Crippen molar-refractivity contribution >= 4 is 11.9 Å². The number of likely N-dealkylation sites (N-methyl/N-ethyl adjacent to an activating group) is 1. The van der Waals surface area contributed by atoms with E-state index in [1.165, 1.54) is 0 Å². The Morgan fingerprint density at radius 2 is 2.04 bits per heavy atom. The number of unbranched alkanes of at least 4 members (excludes halogenated alkanes) is 2. The van der Waals surface area contributed by atoms with Crippen LogP contribution in [0.1, 0.15) is 46.0 Å². The summed E-state index contributed by atoms with van der Waals surface area (Å²) < 4.78 is 0. The van der Waals surface area contributed by atoms with Crippen molar-refractivity contribution in [2.45, 2.75) is 52.1 Å². The minimum Gasteiger partial charge on any atom is -0.478 e. The van der Waals surface area contributed by atoms with Crippen LogP contribution >= 0.6 is 0 Å². The Morgan fingerprint density at radius 3 is 2.57 bits per heavy atom. The van der Waals surface area contributed by atoms with E-state index in [2.05, 4.69) is 19.2 Å². The Bertz CT molecular complexity index is 434. The molecule has 0 saturated heterocycles. The average Bonchev–Trinajstić information content (AvgIpc) is 3.10. The Balaban J connectivity index is 2.40. The highest BCUT2D eigenvalue weighted by Gasteiger charge is 2.50. The standard InChI is InChI=1S/C17H30N2O4/c1-17(2)12-13(17)16(23)18-14(19(3)10-11-20)8-6-4-5-7-9-15(21)22/h7,9,13-14,20H,4-6,8,10-12H2,1-3H3,(H,18,23)(H,21,22)/b9-7-. The van der Waals surface area contributed by atoms with Gasteiger partial charge in [-0.3, -0.25) is 9.69 Å². The smallest absolute Gasteiger partial charge is 0.327 e. The molecule has 1 saturated carbocycles. The van der Waals surface area contributed by atoms with Crippen LogP contribution in [0.3, 0.4) is 0 Å². The largest absolute Gasteiger partial charge is 0.478 e. The summed E-state index contributed by atoms with van der Waals surface area (Å²) >= 11 is 0. The number of nitrogens with zero attached hydrogens (tertiary/aromatic N) is 1. The van der Waals surface area contributed by atoms with Crippen molar-refractivity contribution in [2.24, 2.45) is 11.3 Å². The second-order valence-electron chi connectivity index (χ2n) is 7.00. The normalized spacial score (nSPS) is 20.7. The number of aliphatic hydroxyl groups is 1. The van der Waals surface area contributed by atoms with Crippen LogP contribution in [-0.4, -0.2) is 53.4 Å². The quantitative estimate of drug-likeness (QED) is 0.305. The molecule has 0 heterocycles. The van der Waals surface area contributed by atoms with Crippen LogP contribution in [0.15, 0.2) is 12.2 Å². The fourth-order valence-corrected chi connectivity index (χ4v) is 2.68. The lowest BCUT2D eigenvalue weighted by Gasteiger charge is -2.28. The predicted octanol–water partition coefficient (Wildman–Crippen LogP) is 1.60. The van der Waals surface area contributed by atoms with Crippen LogP contribution in [-0.2, 0) is 9.59 Å². The second kappa shape index (κ2) is 9.03. The lowest BCUT2D eigenvalue weighted by molar-refractivity contribution is -0.131. The van der Waals surface area contributed by atoms with Crippen LogP contribution < -0.4 is 5.32 Å². The molecular weight excluding hydrogens is 296 g/mol. The third-order valence-electron chi connectivity index (χ3n) is 4.48. The first-order valence-corrected chi connectivity index (χ1v) is 8.29. The van der Waals surface area contributed by atoms with E-state index in [1.54, 1.807) is 6.08 Å². The van der Waals surface area contributed by atoms with Crippen LogP contribution in [0.4, 0.5) is 0 Å². The van der Waals surface area contributed by atoms with Gasteiger partial charge in [-0.25, -0.2) is 4.79 Å². The molecule has 1 aliphatic rings. The Hall–Kier alpha value is -1.40. The van der Waals surface area contributed by atoms with Gasteiger partial charge in [0.15, 0.2) is 0 Å². The lowest BCUT2D eigenvalue weighted by atomic mass is 10.1. The fourth-order valence-electron chi connectivity index (χ4n) is 2.68. The molecule has 1 fully saturated rings. The van der Waals surface area contributed by atoms with Gasteiger partial charge in [-0.05, 0) is 44.6 Å². The summed E-state index contributed by atoms with van der Waals surface area (Å²) in [6.07, 6.45) is 6.91. The fraction of sp³-hybridized carbons (Fsp3) is 0.765. The highest BCUT2D eigenvalue weighted by molar-refractivity contribution is 5.82. The molecule has 0 bridgehead atoms. The Kier molecular flexibility index (Phi) is 7.72. The van der Waals surface area contributed by atoms with Crippen molar-refractivity contribution in [2.75, 3.05) is 20.2 Å².